The lowest BCUT2D eigenvalue weighted by Crippen LogP contribution is -2.09. The van der Waals surface area contributed by atoms with Crippen LogP contribution in [0.4, 0.5) is 5.95 Å². The summed E-state index contributed by atoms with van der Waals surface area (Å²) in [5, 5.41) is 15.5. The number of aryl methyl sites for hydroxylation is 1. The Balaban J connectivity index is 2.11. The third-order valence-electron chi connectivity index (χ3n) is 3.32. The standard InChI is InChI=1S/C15H22ClN5O2/c1-4-6-7-21-15(18-19-20-21)17-10-11-8-14(23-5-2)13(22-3)9-12(11)16/h8-9H,4-7,10H2,1-3H3,(H,17,18,20). The fourth-order valence-electron chi connectivity index (χ4n) is 2.10. The molecule has 0 radical (unpaired) electrons. The first-order valence-electron chi connectivity index (χ1n) is 7.68. The largest absolute Gasteiger partial charge is 0.493 e. The second-order valence-corrected chi connectivity index (χ2v) is 5.37. The molecule has 2 aromatic rings. The van der Waals surface area contributed by atoms with Crippen molar-refractivity contribution in [2.24, 2.45) is 0 Å². The maximum Gasteiger partial charge on any atom is 0.243 e. The zero-order chi connectivity index (χ0) is 16.7. The molecule has 0 spiro atoms. The molecule has 1 N–H and O–H groups in total. The fourth-order valence-corrected chi connectivity index (χ4v) is 2.33. The van der Waals surface area contributed by atoms with Gasteiger partial charge < -0.3 is 14.8 Å². The van der Waals surface area contributed by atoms with Crippen molar-refractivity contribution in [2.75, 3.05) is 19.0 Å². The van der Waals surface area contributed by atoms with Crippen molar-refractivity contribution in [3.05, 3.63) is 22.7 Å². The molecule has 0 bridgehead atoms. The summed E-state index contributed by atoms with van der Waals surface area (Å²) < 4.78 is 12.6. The number of methoxy groups -OCH3 is 1. The van der Waals surface area contributed by atoms with Crippen LogP contribution in [0.25, 0.3) is 0 Å². The maximum atomic E-state index is 6.31. The van der Waals surface area contributed by atoms with Crippen LogP contribution in [0.2, 0.25) is 5.02 Å². The summed E-state index contributed by atoms with van der Waals surface area (Å²) in [5.74, 6) is 1.92. The normalized spacial score (nSPS) is 10.6. The second-order valence-electron chi connectivity index (χ2n) is 4.96. The molecule has 23 heavy (non-hydrogen) atoms. The Hall–Kier alpha value is -2.02. The highest BCUT2D eigenvalue weighted by Gasteiger charge is 2.12. The van der Waals surface area contributed by atoms with Crippen molar-refractivity contribution < 1.29 is 9.47 Å². The maximum absolute atomic E-state index is 6.31. The average molecular weight is 340 g/mol. The highest BCUT2D eigenvalue weighted by molar-refractivity contribution is 6.31. The van der Waals surface area contributed by atoms with Gasteiger partial charge in [0.1, 0.15) is 0 Å². The monoisotopic (exact) mass is 339 g/mol. The minimum Gasteiger partial charge on any atom is -0.493 e. The highest BCUT2D eigenvalue weighted by atomic mass is 35.5. The molecule has 0 aliphatic rings. The summed E-state index contributed by atoms with van der Waals surface area (Å²) in [5.41, 5.74) is 0.890. The Morgan fingerprint density at radius 2 is 2.09 bits per heavy atom. The van der Waals surface area contributed by atoms with E-state index in [9.17, 15) is 0 Å². The lowest BCUT2D eigenvalue weighted by atomic mass is 10.2. The first kappa shape index (κ1) is 17.3. The lowest BCUT2D eigenvalue weighted by molar-refractivity contribution is 0.310. The molecule has 2 rings (SSSR count). The number of nitrogens with one attached hydrogen (secondary N) is 1. The molecule has 8 heteroatoms. The number of anilines is 1. The smallest absolute Gasteiger partial charge is 0.243 e. The molecule has 0 amide bonds. The van der Waals surface area contributed by atoms with Crippen molar-refractivity contribution in [2.45, 2.75) is 39.8 Å². The highest BCUT2D eigenvalue weighted by Crippen LogP contribution is 2.33. The number of aromatic nitrogens is 4. The van der Waals surface area contributed by atoms with Gasteiger partial charge in [0, 0.05) is 24.2 Å². The summed E-state index contributed by atoms with van der Waals surface area (Å²) in [7, 11) is 1.59. The minimum atomic E-state index is 0.495. The van der Waals surface area contributed by atoms with E-state index >= 15 is 0 Å². The molecule has 0 saturated heterocycles. The molecule has 0 aliphatic heterocycles. The van der Waals surface area contributed by atoms with E-state index in [1.54, 1.807) is 17.9 Å². The van der Waals surface area contributed by atoms with Gasteiger partial charge in [-0.05, 0) is 35.4 Å². The second kappa shape index (κ2) is 8.57. The van der Waals surface area contributed by atoms with Gasteiger partial charge in [-0.3, -0.25) is 0 Å². The number of hydrogen-bond acceptors (Lipinski definition) is 6. The van der Waals surface area contributed by atoms with Gasteiger partial charge >= 0.3 is 0 Å². The lowest BCUT2D eigenvalue weighted by Gasteiger charge is -2.13. The Labute approximate surface area is 140 Å². The van der Waals surface area contributed by atoms with Crippen LogP contribution in [0, 0.1) is 0 Å². The number of hydrogen-bond donors (Lipinski definition) is 1. The molecule has 1 heterocycles. The molecular weight excluding hydrogens is 318 g/mol. The van der Waals surface area contributed by atoms with Crippen LogP contribution < -0.4 is 14.8 Å². The first-order valence-corrected chi connectivity index (χ1v) is 8.06. The first-order chi connectivity index (χ1) is 11.2. The molecule has 126 valence electrons. The van der Waals surface area contributed by atoms with E-state index in [1.807, 2.05) is 13.0 Å². The van der Waals surface area contributed by atoms with Gasteiger partial charge in [0.15, 0.2) is 11.5 Å². The Morgan fingerprint density at radius 1 is 1.26 bits per heavy atom. The third kappa shape index (κ3) is 4.48. The minimum absolute atomic E-state index is 0.495. The Kier molecular flexibility index (Phi) is 6.46. The molecule has 7 nitrogen and oxygen atoms in total. The van der Waals surface area contributed by atoms with Crippen molar-refractivity contribution in [3.8, 4) is 11.5 Å². The van der Waals surface area contributed by atoms with Crippen LogP contribution >= 0.6 is 11.6 Å². The number of rotatable bonds is 9. The number of unbranched alkanes of at least 4 members (excludes halogenated alkanes) is 1. The molecular formula is C15H22ClN5O2. The Morgan fingerprint density at radius 3 is 2.78 bits per heavy atom. The number of benzene rings is 1. The van der Waals surface area contributed by atoms with Crippen molar-refractivity contribution in [1.82, 2.24) is 20.2 Å². The van der Waals surface area contributed by atoms with Gasteiger partial charge in [-0.15, -0.1) is 0 Å². The van der Waals surface area contributed by atoms with Gasteiger partial charge in [-0.2, -0.15) is 0 Å². The molecule has 0 fully saturated rings. The van der Waals surface area contributed by atoms with Crippen molar-refractivity contribution in [3.63, 3.8) is 0 Å². The van der Waals surface area contributed by atoms with Crippen LogP contribution in [0.1, 0.15) is 32.3 Å². The van der Waals surface area contributed by atoms with E-state index in [-0.39, 0.29) is 0 Å². The van der Waals surface area contributed by atoms with E-state index < -0.39 is 0 Å². The van der Waals surface area contributed by atoms with Gasteiger partial charge in [0.25, 0.3) is 0 Å². The average Bonchev–Trinajstić information content (AvgIpc) is 3.00. The predicted molar refractivity (Wildman–Crippen MR) is 89.2 cm³/mol. The van der Waals surface area contributed by atoms with E-state index in [4.69, 9.17) is 21.1 Å². The third-order valence-corrected chi connectivity index (χ3v) is 3.68. The molecule has 0 saturated carbocycles. The van der Waals surface area contributed by atoms with E-state index in [0.717, 1.165) is 24.9 Å². The number of ether oxygens (including phenoxy) is 2. The summed E-state index contributed by atoms with van der Waals surface area (Å²) in [6.45, 7) is 5.89. The predicted octanol–water partition coefficient (Wildman–Crippen LogP) is 3.15. The molecule has 0 unspecified atom stereocenters. The van der Waals surface area contributed by atoms with Crippen LogP contribution in [-0.4, -0.2) is 33.9 Å². The summed E-state index contributed by atoms with van der Waals surface area (Å²) >= 11 is 6.31. The quantitative estimate of drug-likeness (QED) is 0.756. The summed E-state index contributed by atoms with van der Waals surface area (Å²) in [6.07, 6.45) is 2.11. The number of tetrazole rings is 1. The molecule has 1 aromatic heterocycles. The van der Waals surface area contributed by atoms with E-state index in [0.29, 0.717) is 35.6 Å². The van der Waals surface area contributed by atoms with Crippen molar-refractivity contribution >= 4 is 17.5 Å². The SMILES string of the molecule is CCCCn1nnnc1NCc1cc(OCC)c(OC)cc1Cl. The van der Waals surface area contributed by atoms with Crippen molar-refractivity contribution in [1.29, 1.82) is 0 Å². The molecule has 1 aromatic carbocycles. The topological polar surface area (TPSA) is 74.1 Å². The van der Waals surface area contributed by atoms with Crippen LogP contribution in [0.5, 0.6) is 11.5 Å². The van der Waals surface area contributed by atoms with Gasteiger partial charge in [0.05, 0.1) is 13.7 Å². The zero-order valence-electron chi connectivity index (χ0n) is 13.7. The van der Waals surface area contributed by atoms with Crippen LogP contribution in [0.15, 0.2) is 12.1 Å². The number of nitrogens with zero attached hydrogens (tertiary/aromatic N) is 4. The molecule has 0 atom stereocenters. The summed E-state index contributed by atoms with van der Waals surface area (Å²) in [6, 6.07) is 3.63. The van der Waals surface area contributed by atoms with E-state index in [1.165, 1.54) is 0 Å². The summed E-state index contributed by atoms with van der Waals surface area (Å²) in [4.78, 5) is 0. The van der Waals surface area contributed by atoms with Gasteiger partial charge in [-0.25, -0.2) is 4.68 Å². The Bertz CT molecular complexity index is 632. The van der Waals surface area contributed by atoms with Crippen LogP contribution in [-0.2, 0) is 13.1 Å². The van der Waals surface area contributed by atoms with Crippen LogP contribution in [0.3, 0.4) is 0 Å². The van der Waals surface area contributed by atoms with Gasteiger partial charge in [0.2, 0.25) is 5.95 Å². The number of halogens is 1. The van der Waals surface area contributed by atoms with Gasteiger partial charge in [-0.1, -0.05) is 30.0 Å². The van der Waals surface area contributed by atoms with E-state index in [2.05, 4.69) is 27.8 Å². The zero-order valence-corrected chi connectivity index (χ0v) is 14.4. The molecule has 0 aliphatic carbocycles. The fraction of sp³-hybridized carbons (Fsp3) is 0.533.